The Balaban J connectivity index is -0.0000000285. The van der Waals surface area contributed by atoms with E-state index < -0.39 is 0 Å². The first-order valence-corrected chi connectivity index (χ1v) is 5.31. The quantitative estimate of drug-likeness (QED) is 0.315. The van der Waals surface area contributed by atoms with Crippen LogP contribution in [-0.4, -0.2) is 11.8 Å². The van der Waals surface area contributed by atoms with E-state index in [4.69, 9.17) is 23.3 Å². The SMILES string of the molecule is C=C1P(C)C1(C)C.[C-]#[O+].[C-]#[O+].[C-]#[O+].[C-]#[O+].[C-]#[O+].[W]. The van der Waals surface area contributed by atoms with Gasteiger partial charge in [-0.2, -0.15) is 0 Å². The van der Waals surface area contributed by atoms with Crippen LogP contribution in [0.2, 0.25) is 0 Å². The zero-order valence-electron chi connectivity index (χ0n) is 10.1. The van der Waals surface area contributed by atoms with Crippen molar-refractivity contribution in [3.05, 3.63) is 45.1 Å². The van der Waals surface area contributed by atoms with Gasteiger partial charge in [-0.1, -0.05) is 28.3 Å². The molecule has 1 aliphatic heterocycles. The van der Waals surface area contributed by atoms with Crippen LogP contribution >= 0.6 is 7.92 Å². The third-order valence-electron chi connectivity index (χ3n) is 1.90. The Kier molecular flexibility index (Phi) is 60.1. The van der Waals surface area contributed by atoms with Gasteiger partial charge in [0.2, 0.25) is 0 Å². The van der Waals surface area contributed by atoms with Crippen molar-refractivity contribution in [1.82, 2.24) is 0 Å². The molecule has 1 fully saturated rings. The number of rotatable bonds is 0. The number of allylic oxidation sites excluding steroid dienone is 1. The molecule has 0 radical (unpaired) electrons. The van der Waals surface area contributed by atoms with Gasteiger partial charge in [-0.3, -0.25) is 0 Å². The topological polar surface area (TPSA) is 99.5 Å². The minimum atomic E-state index is 0. The van der Waals surface area contributed by atoms with Crippen molar-refractivity contribution in [1.29, 1.82) is 0 Å². The van der Waals surface area contributed by atoms with Gasteiger partial charge < -0.3 is 0 Å². The molecule has 1 aliphatic rings. The van der Waals surface area contributed by atoms with E-state index in [0.717, 1.165) is 0 Å². The largest absolute Gasteiger partial charge is 0 e. The Morgan fingerprint density at radius 2 is 0.889 bits per heavy atom. The van der Waals surface area contributed by atoms with Gasteiger partial charge in [0.15, 0.2) is 0 Å². The average Bonchev–Trinajstić information content (AvgIpc) is 2.90. The van der Waals surface area contributed by atoms with Gasteiger partial charge >= 0.3 is 56.5 Å². The van der Waals surface area contributed by atoms with Gasteiger partial charge in [0.05, 0.1) is 0 Å². The molecule has 1 rings (SSSR count). The fourth-order valence-electron chi connectivity index (χ4n) is 0.662. The van der Waals surface area contributed by atoms with Gasteiger partial charge in [-0.25, -0.2) is 0 Å². The summed E-state index contributed by atoms with van der Waals surface area (Å²) in [5.74, 6) is 0. The Morgan fingerprint density at radius 3 is 0.889 bits per heavy atom. The molecule has 18 heavy (non-hydrogen) atoms. The third-order valence-corrected chi connectivity index (χ3v) is 4.99. The smallest absolute Gasteiger partial charge is 0 e. The van der Waals surface area contributed by atoms with Crippen LogP contribution in [0.1, 0.15) is 13.8 Å². The molecule has 1 heterocycles. The predicted molar refractivity (Wildman–Crippen MR) is 55.7 cm³/mol. The number of hydrogen-bond donors (Lipinski definition) is 0. The minimum Gasteiger partial charge on any atom is 0 e. The summed E-state index contributed by atoms with van der Waals surface area (Å²) >= 11 is 0. The molecule has 0 saturated carbocycles. The van der Waals surface area contributed by atoms with E-state index in [1.54, 1.807) is 0 Å². The van der Waals surface area contributed by atoms with Crippen molar-refractivity contribution in [2.24, 2.45) is 0 Å². The molecule has 7 heteroatoms. The molecule has 0 aromatic heterocycles. The molecule has 1 atom stereocenters. The van der Waals surface area contributed by atoms with Crippen LogP contribution in [0.5, 0.6) is 0 Å². The zero-order chi connectivity index (χ0) is 15.7. The molecule has 96 valence electrons. The molecule has 5 nitrogen and oxygen atoms in total. The molecule has 0 aromatic rings. The summed E-state index contributed by atoms with van der Waals surface area (Å²) in [6.45, 7) is 33.2. The van der Waals surface area contributed by atoms with Crippen molar-refractivity contribution in [2.75, 3.05) is 6.66 Å². The molecule has 0 amide bonds. The first-order valence-electron chi connectivity index (χ1n) is 3.52. The van der Waals surface area contributed by atoms with Gasteiger partial charge in [0.1, 0.15) is 0 Å². The predicted octanol–water partition coefficient (Wildman–Crippen LogP) is 2.21. The molecular weight excluding hydrogens is 427 g/mol. The summed E-state index contributed by atoms with van der Waals surface area (Å²) in [6, 6.07) is 0. The number of hydrogen-bond acceptors (Lipinski definition) is 0. The first-order chi connectivity index (χ1) is 8.07. The van der Waals surface area contributed by atoms with Crippen molar-refractivity contribution in [2.45, 2.75) is 19.0 Å². The van der Waals surface area contributed by atoms with Gasteiger partial charge in [-0.05, 0) is 12.0 Å². The monoisotopic (exact) mass is 438 g/mol. The fourth-order valence-corrected chi connectivity index (χ4v) is 2.29. The maximum absolute atomic E-state index is 7.50. The molecule has 0 aliphatic carbocycles. The Hall–Kier alpha value is -0.442. The summed E-state index contributed by atoms with van der Waals surface area (Å²) in [4.78, 5) is 0. The van der Waals surface area contributed by atoms with E-state index >= 15 is 0 Å². The second-order valence-electron chi connectivity index (χ2n) is 2.56. The Labute approximate surface area is 123 Å². The summed E-state index contributed by atoms with van der Waals surface area (Å²) in [5.41, 5.74) is 0. The van der Waals surface area contributed by atoms with E-state index in [1.807, 2.05) is 0 Å². The van der Waals surface area contributed by atoms with Crippen molar-refractivity contribution in [3.63, 3.8) is 0 Å². The molecular formula is C11H11O5PW. The second-order valence-corrected chi connectivity index (χ2v) is 5.34. The van der Waals surface area contributed by atoms with Crippen LogP contribution in [0.15, 0.2) is 11.9 Å². The van der Waals surface area contributed by atoms with Gasteiger partial charge in [0, 0.05) is 26.2 Å². The van der Waals surface area contributed by atoms with Crippen LogP contribution in [0.3, 0.4) is 0 Å². The summed E-state index contributed by atoms with van der Waals surface area (Å²) in [5, 5.41) is 2.01. The van der Waals surface area contributed by atoms with E-state index in [9.17, 15) is 0 Å². The Morgan fingerprint density at radius 1 is 0.833 bits per heavy atom. The van der Waals surface area contributed by atoms with Crippen molar-refractivity contribution >= 4 is 7.92 Å². The van der Waals surface area contributed by atoms with Crippen LogP contribution in [-0.2, 0) is 44.3 Å². The molecule has 0 aromatic carbocycles. The summed E-state index contributed by atoms with van der Waals surface area (Å²) in [7, 11) is 0.231. The van der Waals surface area contributed by atoms with Crippen LogP contribution in [0.25, 0.3) is 0 Å². The molecule has 1 unspecified atom stereocenters. The molecule has 1 saturated heterocycles. The van der Waals surface area contributed by atoms with Crippen molar-refractivity contribution in [3.8, 4) is 0 Å². The van der Waals surface area contributed by atoms with Crippen LogP contribution in [0, 0.1) is 33.3 Å². The van der Waals surface area contributed by atoms with Gasteiger partial charge in [-0.15, -0.1) is 0 Å². The minimum absolute atomic E-state index is 0. The molecule has 0 N–H and O–H groups in total. The van der Waals surface area contributed by atoms with Crippen LogP contribution < -0.4 is 0 Å². The Bertz CT molecular complexity index is 253. The second kappa shape index (κ2) is 30.0. The van der Waals surface area contributed by atoms with Crippen LogP contribution in [0.4, 0.5) is 0 Å². The van der Waals surface area contributed by atoms with E-state index in [2.05, 4.69) is 60.3 Å². The zero-order valence-corrected chi connectivity index (χ0v) is 13.9. The molecule has 0 bridgehead atoms. The first kappa shape index (κ1) is 36.0. The average molecular weight is 438 g/mol. The standard InChI is InChI=1S/C6H11P.5CO.W/c1-5-6(2,3)7(5)4;5*1-2;/h1H2,2-4H3;;;;;;. The fraction of sp³-hybridized carbons (Fsp3) is 0.364. The summed E-state index contributed by atoms with van der Waals surface area (Å²) in [6.07, 6.45) is 0. The molecule has 0 spiro atoms. The van der Waals surface area contributed by atoms with Gasteiger partial charge in [0.25, 0.3) is 0 Å². The maximum Gasteiger partial charge on any atom is 0 e. The maximum atomic E-state index is 7.50. The normalized spacial score (nSPS) is 14.5. The van der Waals surface area contributed by atoms with E-state index in [1.165, 1.54) is 5.31 Å². The third kappa shape index (κ3) is 17.9. The van der Waals surface area contributed by atoms with E-state index in [-0.39, 0.29) is 29.0 Å². The summed E-state index contributed by atoms with van der Waals surface area (Å²) < 4.78 is 37.5. The van der Waals surface area contributed by atoms with Crippen molar-refractivity contribution < 1.29 is 44.3 Å². The van der Waals surface area contributed by atoms with E-state index in [0.29, 0.717) is 5.16 Å².